The van der Waals surface area contributed by atoms with Crippen LogP contribution in [0.15, 0.2) is 34.7 Å². The molecule has 2 rings (SSSR count). The van der Waals surface area contributed by atoms with Crippen molar-refractivity contribution in [2.45, 2.75) is 33.6 Å². The molecular weight excluding hydrogens is 348 g/mol. The number of amides is 2. The van der Waals surface area contributed by atoms with Crippen LogP contribution in [0.1, 0.15) is 52.5 Å². The number of carbonyl (C=O) groups is 3. The van der Waals surface area contributed by atoms with Gasteiger partial charge in [-0.15, -0.1) is 0 Å². The van der Waals surface area contributed by atoms with Gasteiger partial charge in [-0.2, -0.15) is 0 Å². The SMILES string of the molecule is CCCN(CC(=O)Nc1ccccc1C)C(=O)c1cc(C(=O)O)c(CC)o1. The molecule has 2 aromatic rings. The predicted octanol–water partition coefficient (Wildman–Crippen LogP) is 3.34. The van der Waals surface area contributed by atoms with Gasteiger partial charge in [0.25, 0.3) is 5.91 Å². The first-order valence-electron chi connectivity index (χ1n) is 8.88. The predicted molar refractivity (Wildman–Crippen MR) is 101 cm³/mol. The average Bonchev–Trinajstić information content (AvgIpc) is 3.07. The van der Waals surface area contributed by atoms with Gasteiger partial charge in [0.1, 0.15) is 17.9 Å². The second-order valence-corrected chi connectivity index (χ2v) is 6.20. The molecule has 1 aromatic heterocycles. The van der Waals surface area contributed by atoms with Crippen LogP contribution in [0.5, 0.6) is 0 Å². The van der Waals surface area contributed by atoms with Gasteiger partial charge in [-0.25, -0.2) is 4.79 Å². The summed E-state index contributed by atoms with van der Waals surface area (Å²) in [6.07, 6.45) is 1.01. The van der Waals surface area contributed by atoms with Crippen LogP contribution in [-0.4, -0.2) is 40.9 Å². The summed E-state index contributed by atoms with van der Waals surface area (Å²) in [4.78, 5) is 37.8. The van der Waals surface area contributed by atoms with E-state index in [2.05, 4.69) is 5.32 Å². The molecule has 1 aromatic carbocycles. The minimum atomic E-state index is -1.14. The van der Waals surface area contributed by atoms with E-state index in [0.29, 0.717) is 25.1 Å². The summed E-state index contributed by atoms with van der Waals surface area (Å²) in [7, 11) is 0. The summed E-state index contributed by atoms with van der Waals surface area (Å²) >= 11 is 0. The highest BCUT2D eigenvalue weighted by Gasteiger charge is 2.25. The van der Waals surface area contributed by atoms with E-state index in [1.165, 1.54) is 11.0 Å². The third kappa shape index (κ3) is 4.97. The average molecular weight is 372 g/mol. The molecule has 7 nitrogen and oxygen atoms in total. The largest absolute Gasteiger partial charge is 0.478 e. The number of nitrogens with one attached hydrogen (secondary N) is 1. The molecule has 1 heterocycles. The molecule has 0 saturated heterocycles. The molecule has 0 radical (unpaired) electrons. The van der Waals surface area contributed by atoms with E-state index in [1.54, 1.807) is 13.0 Å². The van der Waals surface area contributed by atoms with Crippen molar-refractivity contribution >= 4 is 23.5 Å². The monoisotopic (exact) mass is 372 g/mol. The minimum absolute atomic E-state index is 0.0262. The van der Waals surface area contributed by atoms with E-state index < -0.39 is 11.9 Å². The lowest BCUT2D eigenvalue weighted by molar-refractivity contribution is -0.116. The van der Waals surface area contributed by atoms with Gasteiger partial charge < -0.3 is 19.7 Å². The molecule has 144 valence electrons. The molecule has 2 N–H and O–H groups in total. The van der Waals surface area contributed by atoms with Gasteiger partial charge >= 0.3 is 5.97 Å². The van der Waals surface area contributed by atoms with Gasteiger partial charge in [0.05, 0.1) is 0 Å². The number of nitrogens with zero attached hydrogens (tertiary/aromatic N) is 1. The summed E-state index contributed by atoms with van der Waals surface area (Å²) in [5.74, 6) is -1.80. The zero-order valence-corrected chi connectivity index (χ0v) is 15.7. The Balaban J connectivity index is 2.16. The van der Waals surface area contributed by atoms with Crippen LogP contribution in [0.2, 0.25) is 0 Å². The number of hydrogen-bond donors (Lipinski definition) is 2. The first-order valence-corrected chi connectivity index (χ1v) is 8.88. The van der Waals surface area contributed by atoms with Crippen molar-refractivity contribution in [1.29, 1.82) is 0 Å². The summed E-state index contributed by atoms with van der Waals surface area (Å²) < 4.78 is 5.43. The number of carbonyl (C=O) groups excluding carboxylic acids is 2. The molecule has 0 saturated carbocycles. The van der Waals surface area contributed by atoms with Gasteiger partial charge in [0.2, 0.25) is 5.91 Å². The fourth-order valence-corrected chi connectivity index (χ4v) is 2.73. The van der Waals surface area contributed by atoms with Gasteiger partial charge in [-0.1, -0.05) is 32.0 Å². The third-order valence-corrected chi connectivity index (χ3v) is 4.11. The molecule has 0 spiro atoms. The van der Waals surface area contributed by atoms with Crippen LogP contribution in [0.25, 0.3) is 0 Å². The van der Waals surface area contributed by atoms with Crippen LogP contribution in [0.3, 0.4) is 0 Å². The van der Waals surface area contributed by atoms with Crippen molar-refractivity contribution in [2.24, 2.45) is 0 Å². The number of carboxylic acid groups (broad SMARTS) is 1. The first-order chi connectivity index (χ1) is 12.9. The maximum atomic E-state index is 12.8. The van der Waals surface area contributed by atoms with Crippen LogP contribution in [0, 0.1) is 6.92 Å². The number of rotatable bonds is 8. The zero-order valence-electron chi connectivity index (χ0n) is 15.7. The Hall–Kier alpha value is -3.09. The molecule has 0 atom stereocenters. The highest BCUT2D eigenvalue weighted by atomic mass is 16.4. The van der Waals surface area contributed by atoms with Crippen molar-refractivity contribution in [1.82, 2.24) is 4.90 Å². The summed E-state index contributed by atoms with van der Waals surface area (Å²) in [6.45, 7) is 5.73. The van der Waals surface area contributed by atoms with Gasteiger partial charge in [0.15, 0.2) is 5.76 Å². The number of furan rings is 1. The fraction of sp³-hybridized carbons (Fsp3) is 0.350. The van der Waals surface area contributed by atoms with E-state index in [9.17, 15) is 19.5 Å². The molecule has 0 aliphatic rings. The molecule has 0 aliphatic carbocycles. The molecular formula is C20H24N2O5. The lowest BCUT2D eigenvalue weighted by Gasteiger charge is -2.20. The third-order valence-electron chi connectivity index (χ3n) is 4.11. The van der Waals surface area contributed by atoms with Crippen molar-refractivity contribution in [3.05, 3.63) is 53.0 Å². The number of para-hydroxylation sites is 1. The molecule has 0 aliphatic heterocycles. The molecule has 0 bridgehead atoms. The van der Waals surface area contributed by atoms with E-state index in [0.717, 1.165) is 5.56 Å². The second kappa shape index (κ2) is 9.02. The van der Waals surface area contributed by atoms with E-state index in [4.69, 9.17) is 4.42 Å². The normalized spacial score (nSPS) is 10.5. The molecule has 2 amide bonds. The topological polar surface area (TPSA) is 99.9 Å². The minimum Gasteiger partial charge on any atom is -0.478 e. The van der Waals surface area contributed by atoms with Gasteiger partial charge in [-0.3, -0.25) is 9.59 Å². The molecule has 27 heavy (non-hydrogen) atoms. The van der Waals surface area contributed by atoms with Crippen LogP contribution in [0.4, 0.5) is 5.69 Å². The van der Waals surface area contributed by atoms with Crippen molar-refractivity contribution in [3.8, 4) is 0 Å². The Bertz CT molecular complexity index is 841. The lowest BCUT2D eigenvalue weighted by Crippen LogP contribution is -2.38. The Morgan fingerprint density at radius 1 is 1.19 bits per heavy atom. The summed E-state index contributed by atoms with van der Waals surface area (Å²) in [6, 6.07) is 8.59. The Morgan fingerprint density at radius 2 is 1.89 bits per heavy atom. The second-order valence-electron chi connectivity index (χ2n) is 6.20. The standard InChI is InChI=1S/C20H24N2O5/c1-4-10-22(12-18(23)21-15-9-7-6-8-13(15)3)19(24)17-11-14(20(25)26)16(5-2)27-17/h6-9,11H,4-5,10,12H2,1-3H3,(H,21,23)(H,25,26). The summed E-state index contributed by atoms with van der Waals surface area (Å²) in [5, 5.41) is 12.0. The highest BCUT2D eigenvalue weighted by molar-refractivity contribution is 6.00. The molecule has 0 unspecified atom stereocenters. The number of aromatic carboxylic acids is 1. The molecule has 0 fully saturated rings. The van der Waals surface area contributed by atoms with Gasteiger partial charge in [0, 0.05) is 24.7 Å². The van der Waals surface area contributed by atoms with Crippen molar-refractivity contribution in [2.75, 3.05) is 18.4 Å². The fourth-order valence-electron chi connectivity index (χ4n) is 2.73. The Morgan fingerprint density at radius 3 is 2.44 bits per heavy atom. The van der Waals surface area contributed by atoms with E-state index in [1.807, 2.05) is 32.0 Å². The number of carboxylic acids is 1. The Kier molecular flexibility index (Phi) is 6.76. The zero-order chi connectivity index (χ0) is 20.0. The lowest BCUT2D eigenvalue weighted by atomic mass is 10.2. The number of anilines is 1. The van der Waals surface area contributed by atoms with Crippen LogP contribution in [-0.2, 0) is 11.2 Å². The maximum absolute atomic E-state index is 12.8. The Labute approximate surface area is 158 Å². The summed E-state index contributed by atoms with van der Waals surface area (Å²) in [5.41, 5.74) is 1.58. The smallest absolute Gasteiger partial charge is 0.339 e. The van der Waals surface area contributed by atoms with Crippen LogP contribution < -0.4 is 5.32 Å². The van der Waals surface area contributed by atoms with E-state index >= 15 is 0 Å². The van der Waals surface area contributed by atoms with E-state index in [-0.39, 0.29) is 29.5 Å². The van der Waals surface area contributed by atoms with Gasteiger partial charge in [-0.05, 0) is 25.0 Å². The maximum Gasteiger partial charge on any atom is 0.339 e. The van der Waals surface area contributed by atoms with Crippen molar-refractivity contribution < 1.29 is 23.9 Å². The number of hydrogen-bond acceptors (Lipinski definition) is 4. The highest BCUT2D eigenvalue weighted by Crippen LogP contribution is 2.19. The number of aryl methyl sites for hydroxylation is 2. The van der Waals surface area contributed by atoms with Crippen LogP contribution >= 0.6 is 0 Å². The quantitative estimate of drug-likeness (QED) is 0.740. The first kappa shape index (κ1) is 20.2. The molecule has 7 heteroatoms. The van der Waals surface area contributed by atoms with Crippen molar-refractivity contribution in [3.63, 3.8) is 0 Å². The number of benzene rings is 1.